The van der Waals surface area contributed by atoms with E-state index in [1.807, 2.05) is 26.0 Å². The van der Waals surface area contributed by atoms with Crippen LogP contribution in [0.25, 0.3) is 0 Å². The Kier molecular flexibility index (Phi) is 7.27. The van der Waals surface area contributed by atoms with Crippen molar-refractivity contribution in [2.45, 2.75) is 58.9 Å². The highest BCUT2D eigenvalue weighted by Crippen LogP contribution is 2.39. The van der Waals surface area contributed by atoms with Gasteiger partial charge in [-0.05, 0) is 30.0 Å². The van der Waals surface area contributed by atoms with Crippen molar-refractivity contribution < 1.29 is 14.7 Å². The number of ketones is 1. The monoisotopic (exact) mass is 377 g/mol. The Hall–Kier alpha value is -1.81. The number of amides is 1. The molecule has 1 heterocycles. The summed E-state index contributed by atoms with van der Waals surface area (Å²) in [4.78, 5) is 27.0. The van der Waals surface area contributed by atoms with E-state index in [0.717, 1.165) is 31.2 Å². The number of benzene rings is 1. The van der Waals surface area contributed by atoms with Crippen molar-refractivity contribution in [2.24, 2.45) is 5.92 Å². The van der Waals surface area contributed by atoms with Crippen LogP contribution in [-0.4, -0.2) is 28.2 Å². The Morgan fingerprint density at radius 3 is 2.42 bits per heavy atom. The number of nitrogens with zero attached hydrogens (tertiary/aromatic N) is 1. The van der Waals surface area contributed by atoms with E-state index in [2.05, 4.69) is 6.92 Å². The first-order valence-electron chi connectivity index (χ1n) is 9.39. The molecule has 1 aliphatic heterocycles. The summed E-state index contributed by atoms with van der Waals surface area (Å²) in [7, 11) is 0. The maximum Gasteiger partial charge on any atom is 0.290 e. The molecule has 4 nitrogen and oxygen atoms in total. The highest BCUT2D eigenvalue weighted by Gasteiger charge is 2.42. The smallest absolute Gasteiger partial charge is 0.290 e. The van der Waals surface area contributed by atoms with Gasteiger partial charge < -0.3 is 10.0 Å². The zero-order chi connectivity index (χ0) is 19.3. The molecule has 1 atom stereocenters. The Morgan fingerprint density at radius 2 is 1.85 bits per heavy atom. The number of rotatable bonds is 9. The zero-order valence-electron chi connectivity index (χ0n) is 15.8. The van der Waals surface area contributed by atoms with E-state index >= 15 is 0 Å². The van der Waals surface area contributed by atoms with Crippen LogP contribution in [0, 0.1) is 5.92 Å². The van der Waals surface area contributed by atoms with Gasteiger partial charge in [0.2, 0.25) is 0 Å². The lowest BCUT2D eigenvalue weighted by molar-refractivity contribution is -0.129. The molecule has 0 saturated heterocycles. The van der Waals surface area contributed by atoms with Gasteiger partial charge in [-0.2, -0.15) is 0 Å². The van der Waals surface area contributed by atoms with Crippen LogP contribution >= 0.6 is 11.6 Å². The number of carbonyl (C=O) groups is 2. The first-order chi connectivity index (χ1) is 12.4. The molecular weight excluding hydrogens is 350 g/mol. The van der Waals surface area contributed by atoms with E-state index < -0.39 is 17.7 Å². The minimum Gasteiger partial charge on any atom is -0.503 e. The van der Waals surface area contributed by atoms with Crippen LogP contribution < -0.4 is 0 Å². The lowest BCUT2D eigenvalue weighted by Gasteiger charge is -2.27. The van der Waals surface area contributed by atoms with Crippen LogP contribution in [0.3, 0.4) is 0 Å². The molecule has 142 valence electrons. The van der Waals surface area contributed by atoms with Crippen molar-refractivity contribution in [3.05, 3.63) is 46.2 Å². The fourth-order valence-corrected chi connectivity index (χ4v) is 3.48. The zero-order valence-corrected chi connectivity index (χ0v) is 16.6. The van der Waals surface area contributed by atoms with Crippen molar-refractivity contribution in [1.82, 2.24) is 4.90 Å². The first kappa shape index (κ1) is 20.5. The molecule has 0 bridgehead atoms. The molecule has 0 aliphatic carbocycles. The highest BCUT2D eigenvalue weighted by molar-refractivity contribution is 6.30. The second kappa shape index (κ2) is 9.22. The van der Waals surface area contributed by atoms with Gasteiger partial charge in [-0.25, -0.2) is 0 Å². The highest BCUT2D eigenvalue weighted by atomic mass is 35.5. The average Bonchev–Trinajstić information content (AvgIpc) is 2.83. The van der Waals surface area contributed by atoms with E-state index in [1.54, 1.807) is 17.0 Å². The van der Waals surface area contributed by atoms with Gasteiger partial charge in [-0.15, -0.1) is 0 Å². The molecular formula is C21H28ClNO3. The SMILES string of the molecule is CCCCCCN1C(=O)C(O)=C(C(=O)CC(C)C)C1c1ccc(Cl)cc1. The van der Waals surface area contributed by atoms with Crippen LogP contribution in [0.2, 0.25) is 5.02 Å². The first-order valence-corrected chi connectivity index (χ1v) is 9.77. The molecule has 1 aromatic carbocycles. The number of halogens is 1. The van der Waals surface area contributed by atoms with E-state index in [9.17, 15) is 14.7 Å². The predicted molar refractivity (Wildman–Crippen MR) is 104 cm³/mol. The second-order valence-corrected chi connectivity index (χ2v) is 7.73. The Bertz CT molecular complexity index is 679. The summed E-state index contributed by atoms with van der Waals surface area (Å²) in [6.07, 6.45) is 4.38. The average molecular weight is 378 g/mol. The molecule has 0 saturated carbocycles. The molecule has 1 unspecified atom stereocenters. The Balaban J connectivity index is 2.35. The third kappa shape index (κ3) is 4.67. The van der Waals surface area contributed by atoms with Crippen molar-refractivity contribution in [3.63, 3.8) is 0 Å². The molecule has 1 aromatic rings. The summed E-state index contributed by atoms with van der Waals surface area (Å²) in [5.74, 6) is -0.858. The van der Waals surface area contributed by atoms with Gasteiger partial charge in [0.05, 0.1) is 11.6 Å². The largest absolute Gasteiger partial charge is 0.503 e. The molecule has 5 heteroatoms. The number of aliphatic hydroxyl groups excluding tert-OH is 1. The maximum atomic E-state index is 12.8. The predicted octanol–water partition coefficient (Wildman–Crippen LogP) is 5.23. The van der Waals surface area contributed by atoms with Crippen molar-refractivity contribution in [3.8, 4) is 0 Å². The van der Waals surface area contributed by atoms with Crippen LogP contribution in [0.5, 0.6) is 0 Å². The number of aliphatic hydroxyl groups is 1. The maximum absolute atomic E-state index is 12.8. The normalized spacial score (nSPS) is 17.5. The molecule has 0 aromatic heterocycles. The standard InChI is InChI=1S/C21H28ClNO3/c1-4-5-6-7-12-23-19(15-8-10-16(22)11-9-15)18(20(25)21(23)26)17(24)13-14(2)3/h8-11,14,19,25H,4-7,12-13H2,1-3H3. The van der Waals surface area contributed by atoms with E-state index in [0.29, 0.717) is 18.0 Å². The van der Waals surface area contributed by atoms with Gasteiger partial charge in [0.1, 0.15) is 0 Å². The molecule has 2 rings (SSSR count). The molecule has 0 radical (unpaired) electrons. The van der Waals surface area contributed by atoms with Gasteiger partial charge in [0.15, 0.2) is 11.5 Å². The number of unbranched alkanes of at least 4 members (excludes halogenated alkanes) is 3. The van der Waals surface area contributed by atoms with Gasteiger partial charge in [0.25, 0.3) is 5.91 Å². The van der Waals surface area contributed by atoms with E-state index in [-0.39, 0.29) is 17.3 Å². The molecule has 1 aliphatic rings. The molecule has 0 spiro atoms. The summed E-state index contributed by atoms with van der Waals surface area (Å²) in [6.45, 7) is 6.56. The third-order valence-electron chi connectivity index (χ3n) is 4.64. The molecule has 26 heavy (non-hydrogen) atoms. The second-order valence-electron chi connectivity index (χ2n) is 7.30. The topological polar surface area (TPSA) is 57.6 Å². The number of hydrogen-bond acceptors (Lipinski definition) is 3. The number of Topliss-reactive ketones (excluding diaryl/α,β-unsaturated/α-hetero) is 1. The van der Waals surface area contributed by atoms with Crippen molar-refractivity contribution in [2.75, 3.05) is 6.54 Å². The number of carbonyl (C=O) groups excluding carboxylic acids is 2. The van der Waals surface area contributed by atoms with Crippen molar-refractivity contribution >= 4 is 23.3 Å². The number of hydrogen-bond donors (Lipinski definition) is 1. The minimum absolute atomic E-state index is 0.155. The van der Waals surface area contributed by atoms with Crippen LogP contribution in [0.4, 0.5) is 0 Å². The quantitative estimate of drug-likeness (QED) is 0.599. The van der Waals surface area contributed by atoms with Crippen LogP contribution in [0.15, 0.2) is 35.6 Å². The fraction of sp³-hybridized carbons (Fsp3) is 0.524. The van der Waals surface area contributed by atoms with Gasteiger partial charge in [-0.1, -0.05) is 63.8 Å². The Morgan fingerprint density at radius 1 is 1.19 bits per heavy atom. The van der Waals surface area contributed by atoms with E-state index in [1.165, 1.54) is 0 Å². The minimum atomic E-state index is -0.535. The lowest BCUT2D eigenvalue weighted by atomic mass is 9.92. The van der Waals surface area contributed by atoms with E-state index in [4.69, 9.17) is 11.6 Å². The van der Waals surface area contributed by atoms with Gasteiger partial charge >= 0.3 is 0 Å². The summed E-state index contributed by atoms with van der Waals surface area (Å²) < 4.78 is 0. The summed E-state index contributed by atoms with van der Waals surface area (Å²) in [6, 6.07) is 6.60. The third-order valence-corrected chi connectivity index (χ3v) is 4.89. The fourth-order valence-electron chi connectivity index (χ4n) is 3.35. The molecule has 1 N–H and O–H groups in total. The van der Waals surface area contributed by atoms with Gasteiger partial charge in [-0.3, -0.25) is 9.59 Å². The molecule has 0 fully saturated rings. The lowest BCUT2D eigenvalue weighted by Crippen LogP contribution is -2.32. The van der Waals surface area contributed by atoms with Crippen LogP contribution in [0.1, 0.15) is 64.5 Å². The van der Waals surface area contributed by atoms with Crippen molar-refractivity contribution in [1.29, 1.82) is 0 Å². The van der Waals surface area contributed by atoms with Crippen LogP contribution in [-0.2, 0) is 9.59 Å². The summed E-state index contributed by atoms with van der Waals surface area (Å²) in [5.41, 5.74) is 1.02. The summed E-state index contributed by atoms with van der Waals surface area (Å²) in [5, 5.41) is 11.0. The Labute approximate surface area is 160 Å². The summed E-state index contributed by atoms with van der Waals surface area (Å²) >= 11 is 5.99. The van der Waals surface area contributed by atoms with Gasteiger partial charge in [0, 0.05) is 18.0 Å². The molecule has 1 amide bonds.